The van der Waals surface area contributed by atoms with E-state index < -0.39 is 11.0 Å². The largest absolute Gasteiger partial charge is 0.391 e. The van der Waals surface area contributed by atoms with Crippen molar-refractivity contribution in [3.63, 3.8) is 0 Å². The van der Waals surface area contributed by atoms with Gasteiger partial charge in [0.2, 0.25) is 0 Å². The molecule has 1 aliphatic rings. The Kier molecular flexibility index (Phi) is 4.35. The number of amides is 1. The second-order valence-corrected chi connectivity index (χ2v) is 6.25. The number of carbonyl (C=O) groups is 1. The highest BCUT2D eigenvalue weighted by Gasteiger charge is 2.25. The molecule has 1 aromatic heterocycles. The third kappa shape index (κ3) is 3.38. The van der Waals surface area contributed by atoms with Gasteiger partial charge in [0.15, 0.2) is 0 Å². The van der Waals surface area contributed by atoms with Gasteiger partial charge in [-0.15, -0.1) is 11.3 Å². The Morgan fingerprint density at radius 2 is 2.30 bits per heavy atom. The minimum absolute atomic E-state index is 0.00951. The van der Waals surface area contributed by atoms with Gasteiger partial charge in [-0.2, -0.15) is 0 Å². The molecule has 1 atom stereocenters. The highest BCUT2D eigenvalue weighted by molar-refractivity contribution is 7.13. The third-order valence-electron chi connectivity index (χ3n) is 3.71. The van der Waals surface area contributed by atoms with E-state index in [2.05, 4.69) is 4.98 Å². The molecule has 0 saturated carbocycles. The number of thiazole rings is 1. The third-order valence-corrected chi connectivity index (χ3v) is 4.60. The highest BCUT2D eigenvalue weighted by atomic mass is 32.1. The maximum atomic E-state index is 12.4. The van der Waals surface area contributed by atoms with Gasteiger partial charge in [0.05, 0.1) is 11.0 Å². The molecule has 2 heterocycles. The summed E-state index contributed by atoms with van der Waals surface area (Å²) >= 11 is 1.27. The van der Waals surface area contributed by atoms with E-state index in [1.54, 1.807) is 22.4 Å². The lowest BCUT2D eigenvalue weighted by Gasteiger charge is -2.29. The quantitative estimate of drug-likeness (QED) is 0.687. The Hall–Kier alpha value is -2.32. The minimum atomic E-state index is -0.484. The number of β-amino-alcohol motifs (C(OH)–C–C–N with tert-alkyl or cyclic N) is 1. The molecule has 1 fully saturated rings. The number of nitro benzene ring substituents is 1. The smallest absolute Gasteiger partial charge is 0.273 e. The van der Waals surface area contributed by atoms with Gasteiger partial charge >= 0.3 is 0 Å². The SMILES string of the molecule is O=C(c1csc(-c2cccc([N+](=O)[O-])c2)n1)N1CCCC(O)C1. The molecule has 1 aromatic carbocycles. The Bertz CT molecular complexity index is 746. The standard InChI is InChI=1S/C15H15N3O4S/c19-12-5-2-6-17(8-12)15(20)13-9-23-14(16-13)10-3-1-4-11(7-10)18(21)22/h1,3-4,7,9,12,19H,2,5-6,8H2. The van der Waals surface area contributed by atoms with Crippen molar-refractivity contribution >= 4 is 22.9 Å². The Labute approximate surface area is 136 Å². The molecular weight excluding hydrogens is 318 g/mol. The average Bonchev–Trinajstić information content (AvgIpc) is 3.04. The van der Waals surface area contributed by atoms with Crippen LogP contribution in [0.2, 0.25) is 0 Å². The van der Waals surface area contributed by atoms with E-state index in [9.17, 15) is 20.0 Å². The maximum Gasteiger partial charge on any atom is 0.273 e. The maximum absolute atomic E-state index is 12.4. The fraction of sp³-hybridized carbons (Fsp3) is 0.333. The van der Waals surface area contributed by atoms with Crippen molar-refractivity contribution < 1.29 is 14.8 Å². The molecule has 7 nitrogen and oxygen atoms in total. The van der Waals surface area contributed by atoms with Crippen LogP contribution in [0.3, 0.4) is 0 Å². The summed E-state index contributed by atoms with van der Waals surface area (Å²) in [5.74, 6) is -0.211. The van der Waals surface area contributed by atoms with Gasteiger partial charge in [0.1, 0.15) is 10.7 Å². The van der Waals surface area contributed by atoms with E-state index in [4.69, 9.17) is 0 Å². The Morgan fingerprint density at radius 3 is 3.04 bits per heavy atom. The van der Waals surface area contributed by atoms with Gasteiger partial charge < -0.3 is 10.0 Å². The predicted octanol–water partition coefficient (Wildman–Crippen LogP) is 2.32. The van der Waals surface area contributed by atoms with Crippen LogP contribution < -0.4 is 0 Å². The zero-order valence-electron chi connectivity index (χ0n) is 12.2. The van der Waals surface area contributed by atoms with E-state index in [0.29, 0.717) is 35.8 Å². The van der Waals surface area contributed by atoms with Gasteiger partial charge in [0, 0.05) is 36.2 Å². The molecule has 120 valence electrons. The van der Waals surface area contributed by atoms with Gasteiger partial charge in [-0.3, -0.25) is 14.9 Å². The summed E-state index contributed by atoms with van der Waals surface area (Å²) in [6.07, 6.45) is 0.997. The number of rotatable bonds is 3. The molecule has 3 rings (SSSR count). The summed E-state index contributed by atoms with van der Waals surface area (Å²) < 4.78 is 0. The van der Waals surface area contributed by atoms with Crippen LogP contribution in [0.4, 0.5) is 5.69 Å². The minimum Gasteiger partial charge on any atom is -0.391 e. The summed E-state index contributed by atoms with van der Waals surface area (Å²) in [7, 11) is 0. The second kappa shape index (κ2) is 6.43. The number of nitrogens with zero attached hydrogens (tertiary/aromatic N) is 3. The van der Waals surface area contributed by atoms with Crippen molar-refractivity contribution in [3.05, 3.63) is 45.5 Å². The van der Waals surface area contributed by atoms with E-state index in [1.807, 2.05) is 0 Å². The van der Waals surface area contributed by atoms with Gasteiger partial charge in [-0.25, -0.2) is 4.98 Å². The lowest BCUT2D eigenvalue weighted by molar-refractivity contribution is -0.384. The van der Waals surface area contributed by atoms with Gasteiger partial charge in [-0.05, 0) is 12.8 Å². The first-order valence-electron chi connectivity index (χ1n) is 7.22. The van der Waals surface area contributed by atoms with Crippen molar-refractivity contribution in [2.75, 3.05) is 13.1 Å². The van der Waals surface area contributed by atoms with Crippen molar-refractivity contribution in [1.82, 2.24) is 9.88 Å². The van der Waals surface area contributed by atoms with Gasteiger partial charge in [-0.1, -0.05) is 12.1 Å². The molecule has 1 unspecified atom stereocenters. The zero-order chi connectivity index (χ0) is 16.4. The number of hydrogen-bond donors (Lipinski definition) is 1. The topological polar surface area (TPSA) is 96.6 Å². The first-order valence-corrected chi connectivity index (χ1v) is 8.10. The van der Waals surface area contributed by atoms with Crippen LogP contribution in [-0.4, -0.2) is 45.0 Å². The number of non-ortho nitro benzene ring substituents is 1. The molecular formula is C15H15N3O4S. The number of aliphatic hydroxyl groups is 1. The second-order valence-electron chi connectivity index (χ2n) is 5.39. The molecule has 1 saturated heterocycles. The van der Waals surface area contributed by atoms with Crippen molar-refractivity contribution in [3.8, 4) is 10.6 Å². The number of hydrogen-bond acceptors (Lipinski definition) is 6. The van der Waals surface area contributed by atoms with Gasteiger partial charge in [0.25, 0.3) is 11.6 Å². The normalized spacial score (nSPS) is 18.0. The fourth-order valence-corrected chi connectivity index (χ4v) is 3.35. The van der Waals surface area contributed by atoms with Crippen LogP contribution in [0.1, 0.15) is 23.3 Å². The Morgan fingerprint density at radius 1 is 1.48 bits per heavy atom. The van der Waals surface area contributed by atoms with Crippen molar-refractivity contribution in [2.24, 2.45) is 0 Å². The van der Waals surface area contributed by atoms with Crippen LogP contribution >= 0.6 is 11.3 Å². The van der Waals surface area contributed by atoms with E-state index in [1.165, 1.54) is 23.5 Å². The number of carbonyl (C=O) groups excluding carboxylic acids is 1. The summed E-state index contributed by atoms with van der Waals surface area (Å²) in [5.41, 5.74) is 0.914. The van der Waals surface area contributed by atoms with E-state index in [0.717, 1.165) is 6.42 Å². The summed E-state index contributed by atoms with van der Waals surface area (Å²) in [4.78, 5) is 28.7. The summed E-state index contributed by atoms with van der Waals surface area (Å²) in [6.45, 7) is 0.933. The molecule has 0 aliphatic carbocycles. The van der Waals surface area contributed by atoms with E-state index >= 15 is 0 Å². The number of aliphatic hydroxyl groups excluding tert-OH is 1. The van der Waals surface area contributed by atoms with Crippen molar-refractivity contribution in [1.29, 1.82) is 0 Å². The lowest BCUT2D eigenvalue weighted by atomic mass is 10.1. The zero-order valence-corrected chi connectivity index (χ0v) is 13.0. The molecule has 0 radical (unpaired) electrons. The Balaban J connectivity index is 1.81. The lowest BCUT2D eigenvalue weighted by Crippen LogP contribution is -2.42. The molecule has 0 spiro atoms. The molecule has 1 amide bonds. The molecule has 2 aromatic rings. The van der Waals surface area contributed by atoms with Crippen LogP contribution in [-0.2, 0) is 0 Å². The van der Waals surface area contributed by atoms with Crippen LogP contribution in [0.15, 0.2) is 29.6 Å². The first-order chi connectivity index (χ1) is 11.0. The van der Waals surface area contributed by atoms with Crippen LogP contribution in [0.25, 0.3) is 10.6 Å². The predicted molar refractivity (Wildman–Crippen MR) is 85.3 cm³/mol. The molecule has 23 heavy (non-hydrogen) atoms. The highest BCUT2D eigenvalue weighted by Crippen LogP contribution is 2.27. The number of piperidine rings is 1. The average molecular weight is 333 g/mol. The summed E-state index contributed by atoms with van der Waals surface area (Å²) in [6, 6.07) is 6.18. The molecule has 1 aliphatic heterocycles. The monoisotopic (exact) mass is 333 g/mol. The number of likely N-dealkylation sites (tertiary alicyclic amines) is 1. The molecule has 1 N–H and O–H groups in total. The first kappa shape index (κ1) is 15.6. The van der Waals surface area contributed by atoms with Crippen LogP contribution in [0.5, 0.6) is 0 Å². The van der Waals surface area contributed by atoms with Crippen molar-refractivity contribution in [2.45, 2.75) is 18.9 Å². The fourth-order valence-electron chi connectivity index (χ4n) is 2.56. The number of nitro groups is 1. The number of benzene rings is 1. The number of aromatic nitrogens is 1. The van der Waals surface area contributed by atoms with Crippen LogP contribution in [0, 0.1) is 10.1 Å². The van der Waals surface area contributed by atoms with E-state index in [-0.39, 0.29) is 11.6 Å². The summed E-state index contributed by atoms with van der Waals surface area (Å²) in [5, 5.41) is 22.7. The molecule has 0 bridgehead atoms. The molecule has 8 heteroatoms.